The van der Waals surface area contributed by atoms with Crippen molar-refractivity contribution >= 4 is 39.2 Å². The molecular formula is C21H19N3O3S. The summed E-state index contributed by atoms with van der Waals surface area (Å²) >= 11 is 1.75. The van der Waals surface area contributed by atoms with E-state index < -0.39 is 4.92 Å². The smallest absolute Gasteiger partial charge is 0.269 e. The van der Waals surface area contributed by atoms with Gasteiger partial charge in [-0.05, 0) is 48.7 Å². The number of nitrogens with zero attached hydrogens (tertiary/aromatic N) is 3. The molecular weight excluding hydrogens is 374 g/mol. The fourth-order valence-electron chi connectivity index (χ4n) is 3.39. The van der Waals surface area contributed by atoms with Gasteiger partial charge in [0.25, 0.3) is 5.69 Å². The average molecular weight is 393 g/mol. The first kappa shape index (κ1) is 18.3. The number of amides is 1. The minimum atomic E-state index is -0.436. The normalized spacial score (nSPS) is 15.4. The Labute approximate surface area is 166 Å². The molecule has 4 rings (SSSR count). The highest BCUT2D eigenvalue weighted by Crippen LogP contribution is 2.33. The molecule has 1 amide bonds. The van der Waals surface area contributed by atoms with Crippen molar-refractivity contribution in [2.45, 2.75) is 18.8 Å². The predicted octanol–water partition coefficient (Wildman–Crippen LogP) is 4.62. The Morgan fingerprint density at radius 1 is 1.14 bits per heavy atom. The molecule has 0 N–H and O–H groups in total. The van der Waals surface area contributed by atoms with Gasteiger partial charge >= 0.3 is 0 Å². The van der Waals surface area contributed by atoms with Crippen molar-refractivity contribution in [1.29, 1.82) is 0 Å². The molecule has 1 aromatic heterocycles. The molecule has 1 aliphatic heterocycles. The zero-order valence-electron chi connectivity index (χ0n) is 15.2. The van der Waals surface area contributed by atoms with E-state index in [0.717, 1.165) is 28.9 Å². The molecule has 0 atom stereocenters. The van der Waals surface area contributed by atoms with Crippen LogP contribution in [0.5, 0.6) is 0 Å². The first-order valence-electron chi connectivity index (χ1n) is 9.17. The van der Waals surface area contributed by atoms with Crippen LogP contribution in [-0.4, -0.2) is 33.8 Å². The van der Waals surface area contributed by atoms with Crippen LogP contribution >= 0.6 is 11.3 Å². The van der Waals surface area contributed by atoms with Gasteiger partial charge in [0.05, 0.1) is 20.1 Å². The molecule has 0 saturated carbocycles. The molecule has 2 heterocycles. The number of piperidine rings is 1. The lowest BCUT2D eigenvalue weighted by atomic mass is 9.97. The fraction of sp³-hybridized carbons (Fsp3) is 0.238. The van der Waals surface area contributed by atoms with E-state index in [2.05, 4.69) is 6.07 Å². The summed E-state index contributed by atoms with van der Waals surface area (Å²) in [6.07, 6.45) is 5.07. The molecule has 1 fully saturated rings. The van der Waals surface area contributed by atoms with E-state index in [1.54, 1.807) is 35.6 Å². The van der Waals surface area contributed by atoms with Crippen LogP contribution in [0.1, 0.15) is 29.3 Å². The minimum Gasteiger partial charge on any atom is -0.339 e. The molecule has 6 nitrogen and oxygen atoms in total. The number of likely N-dealkylation sites (tertiary alicyclic amines) is 1. The van der Waals surface area contributed by atoms with Crippen LogP contribution in [0.3, 0.4) is 0 Å². The van der Waals surface area contributed by atoms with Crippen LogP contribution in [0.4, 0.5) is 5.69 Å². The number of carbonyl (C=O) groups is 1. The molecule has 1 saturated heterocycles. The van der Waals surface area contributed by atoms with Gasteiger partial charge in [0.2, 0.25) is 5.91 Å². The number of aromatic nitrogens is 1. The maximum absolute atomic E-state index is 12.4. The zero-order chi connectivity index (χ0) is 19.5. The lowest BCUT2D eigenvalue weighted by Crippen LogP contribution is -2.36. The Morgan fingerprint density at radius 3 is 2.54 bits per heavy atom. The highest BCUT2D eigenvalue weighted by atomic mass is 32.1. The van der Waals surface area contributed by atoms with E-state index in [-0.39, 0.29) is 11.6 Å². The molecule has 28 heavy (non-hydrogen) atoms. The Morgan fingerprint density at radius 2 is 1.86 bits per heavy atom. The van der Waals surface area contributed by atoms with Crippen molar-refractivity contribution in [2.75, 3.05) is 13.1 Å². The third kappa shape index (κ3) is 3.94. The quantitative estimate of drug-likeness (QED) is 0.368. The third-order valence-electron chi connectivity index (χ3n) is 4.99. The van der Waals surface area contributed by atoms with E-state index >= 15 is 0 Å². The van der Waals surface area contributed by atoms with Gasteiger partial charge < -0.3 is 4.90 Å². The molecule has 3 aromatic rings. The second kappa shape index (κ2) is 7.90. The van der Waals surface area contributed by atoms with Crippen molar-refractivity contribution in [2.24, 2.45) is 0 Å². The first-order chi connectivity index (χ1) is 13.6. The fourth-order valence-corrected chi connectivity index (χ4v) is 4.53. The average Bonchev–Trinajstić information content (AvgIpc) is 3.16. The van der Waals surface area contributed by atoms with E-state index in [1.165, 1.54) is 16.8 Å². The Balaban J connectivity index is 1.35. The van der Waals surface area contributed by atoms with Crippen molar-refractivity contribution in [3.05, 3.63) is 75.3 Å². The number of nitro groups is 1. The standard InChI is InChI=1S/C21H19N3O3S/c25-20(10-7-15-5-8-17(9-6-15)24(26)27)23-13-11-16(12-14-23)21-22-18-3-1-2-4-19(18)28-21/h1-10,16H,11-14H2/b10-7-. The number of thiazole rings is 1. The number of hydrogen-bond donors (Lipinski definition) is 0. The van der Waals surface area contributed by atoms with E-state index in [4.69, 9.17) is 4.98 Å². The maximum atomic E-state index is 12.4. The van der Waals surface area contributed by atoms with E-state index in [9.17, 15) is 14.9 Å². The minimum absolute atomic E-state index is 0.0268. The van der Waals surface area contributed by atoms with Crippen molar-refractivity contribution < 1.29 is 9.72 Å². The number of rotatable bonds is 4. The van der Waals surface area contributed by atoms with Crippen LogP contribution < -0.4 is 0 Å². The van der Waals surface area contributed by atoms with Crippen molar-refractivity contribution in [1.82, 2.24) is 9.88 Å². The van der Waals surface area contributed by atoms with Crippen LogP contribution in [0.2, 0.25) is 0 Å². The second-order valence-electron chi connectivity index (χ2n) is 6.80. The molecule has 7 heteroatoms. The number of para-hydroxylation sites is 1. The monoisotopic (exact) mass is 393 g/mol. The highest BCUT2D eigenvalue weighted by molar-refractivity contribution is 7.18. The van der Waals surface area contributed by atoms with Crippen molar-refractivity contribution in [3.63, 3.8) is 0 Å². The summed E-state index contributed by atoms with van der Waals surface area (Å²) in [6, 6.07) is 14.3. The zero-order valence-corrected chi connectivity index (χ0v) is 16.0. The van der Waals surface area contributed by atoms with Crippen LogP contribution in [0.15, 0.2) is 54.6 Å². The van der Waals surface area contributed by atoms with E-state index in [1.807, 2.05) is 23.1 Å². The molecule has 142 valence electrons. The van der Waals surface area contributed by atoms with Crippen molar-refractivity contribution in [3.8, 4) is 0 Å². The topological polar surface area (TPSA) is 76.3 Å². The van der Waals surface area contributed by atoms with Gasteiger partial charge in [0.15, 0.2) is 0 Å². The van der Waals surface area contributed by atoms with Gasteiger partial charge in [-0.2, -0.15) is 0 Å². The van der Waals surface area contributed by atoms with Gasteiger partial charge in [-0.25, -0.2) is 4.98 Å². The maximum Gasteiger partial charge on any atom is 0.269 e. The van der Waals surface area contributed by atoms with E-state index in [0.29, 0.717) is 19.0 Å². The number of fused-ring (bicyclic) bond motifs is 1. The number of hydrogen-bond acceptors (Lipinski definition) is 5. The second-order valence-corrected chi connectivity index (χ2v) is 7.86. The SMILES string of the molecule is O=C(/C=C\c1ccc([N+](=O)[O-])cc1)N1CCC(c2nc3ccccc3s2)CC1. The lowest BCUT2D eigenvalue weighted by molar-refractivity contribution is -0.384. The summed E-state index contributed by atoms with van der Waals surface area (Å²) in [5.41, 5.74) is 1.86. The summed E-state index contributed by atoms with van der Waals surface area (Å²) in [5.74, 6) is 0.376. The molecule has 0 aliphatic carbocycles. The number of non-ortho nitro benzene ring substituents is 1. The van der Waals surface area contributed by atoms with Crippen LogP contribution in [0.25, 0.3) is 16.3 Å². The van der Waals surface area contributed by atoms with Gasteiger partial charge in [0.1, 0.15) is 0 Å². The molecule has 0 spiro atoms. The Bertz CT molecular complexity index is 1000. The summed E-state index contributed by atoms with van der Waals surface area (Å²) in [6.45, 7) is 1.42. The molecule has 1 aliphatic rings. The van der Waals surface area contributed by atoms with Gasteiger partial charge in [-0.15, -0.1) is 11.3 Å². The summed E-state index contributed by atoms with van der Waals surface area (Å²) in [7, 11) is 0. The number of nitro benzene ring substituents is 1. The van der Waals surface area contributed by atoms with Crippen LogP contribution in [-0.2, 0) is 4.79 Å². The molecule has 0 bridgehead atoms. The highest BCUT2D eigenvalue weighted by Gasteiger charge is 2.25. The Kier molecular flexibility index (Phi) is 5.16. The predicted molar refractivity (Wildman–Crippen MR) is 110 cm³/mol. The van der Waals surface area contributed by atoms with Crippen LogP contribution in [0, 0.1) is 10.1 Å². The molecule has 0 radical (unpaired) electrons. The van der Waals surface area contributed by atoms with Gasteiger partial charge in [0, 0.05) is 37.2 Å². The molecule has 0 unspecified atom stereocenters. The lowest BCUT2D eigenvalue weighted by Gasteiger charge is -2.30. The molecule has 2 aromatic carbocycles. The van der Waals surface area contributed by atoms with Gasteiger partial charge in [-0.1, -0.05) is 12.1 Å². The summed E-state index contributed by atoms with van der Waals surface area (Å²) in [5, 5.41) is 11.8. The Hall–Kier alpha value is -3.06. The number of benzene rings is 2. The number of carbonyl (C=O) groups excluding carboxylic acids is 1. The largest absolute Gasteiger partial charge is 0.339 e. The summed E-state index contributed by atoms with van der Waals surface area (Å²) in [4.78, 5) is 29.3. The summed E-state index contributed by atoms with van der Waals surface area (Å²) < 4.78 is 1.21. The van der Waals surface area contributed by atoms with Gasteiger partial charge in [-0.3, -0.25) is 14.9 Å². The first-order valence-corrected chi connectivity index (χ1v) is 9.99. The third-order valence-corrected chi connectivity index (χ3v) is 6.19.